The van der Waals surface area contributed by atoms with Crippen molar-refractivity contribution in [2.75, 3.05) is 0 Å². The molecule has 0 radical (unpaired) electrons. The fraction of sp³-hybridized carbons (Fsp3) is 0.235. The number of nitrogens with zero attached hydrogens (tertiary/aromatic N) is 4. The summed E-state index contributed by atoms with van der Waals surface area (Å²) in [6, 6.07) is 13.9. The Kier molecular flexibility index (Phi) is 2.99. The first-order chi connectivity index (χ1) is 9.97. The van der Waals surface area contributed by atoms with Crippen molar-refractivity contribution in [2.24, 2.45) is 0 Å². The number of hydrogen-bond donors (Lipinski definition) is 0. The summed E-state index contributed by atoms with van der Waals surface area (Å²) in [7, 11) is 0. The lowest BCUT2D eigenvalue weighted by molar-refractivity contribution is 0.590. The van der Waals surface area contributed by atoms with Gasteiger partial charge in [-0.05, 0) is 17.0 Å². The van der Waals surface area contributed by atoms with Crippen LogP contribution in [0.4, 0.5) is 0 Å². The molecule has 4 nitrogen and oxygen atoms in total. The van der Waals surface area contributed by atoms with Crippen LogP contribution in [-0.2, 0) is 5.41 Å². The van der Waals surface area contributed by atoms with Gasteiger partial charge in [0.2, 0.25) is 0 Å². The maximum absolute atomic E-state index is 8.92. The van der Waals surface area contributed by atoms with Crippen LogP contribution in [0, 0.1) is 11.3 Å². The molecule has 21 heavy (non-hydrogen) atoms. The summed E-state index contributed by atoms with van der Waals surface area (Å²) in [5.74, 6) is 0.672. The van der Waals surface area contributed by atoms with Crippen molar-refractivity contribution in [1.82, 2.24) is 14.6 Å². The Hall–Kier alpha value is -2.67. The first-order valence-corrected chi connectivity index (χ1v) is 6.85. The lowest BCUT2D eigenvalue weighted by Gasteiger charge is -2.18. The van der Waals surface area contributed by atoms with E-state index in [1.54, 1.807) is 22.8 Å². The van der Waals surface area contributed by atoms with E-state index in [-0.39, 0.29) is 5.41 Å². The molecule has 1 aromatic carbocycles. The van der Waals surface area contributed by atoms with Crippen LogP contribution in [-0.4, -0.2) is 14.6 Å². The van der Waals surface area contributed by atoms with Gasteiger partial charge in [-0.1, -0.05) is 45.0 Å². The highest BCUT2D eigenvalue weighted by Gasteiger charge is 2.14. The second kappa shape index (κ2) is 4.71. The molecule has 0 spiro atoms. The topological polar surface area (TPSA) is 54.0 Å². The number of fused-ring (bicyclic) bond motifs is 1. The Bertz CT molecular complexity index is 830. The zero-order valence-corrected chi connectivity index (χ0v) is 12.3. The molecule has 3 aromatic rings. The molecule has 3 rings (SSSR count). The fourth-order valence-electron chi connectivity index (χ4n) is 2.19. The fourth-order valence-corrected chi connectivity index (χ4v) is 2.19. The van der Waals surface area contributed by atoms with Crippen LogP contribution >= 0.6 is 0 Å². The minimum atomic E-state index is 0.132. The van der Waals surface area contributed by atoms with Crippen molar-refractivity contribution in [1.29, 1.82) is 5.26 Å². The minimum Gasteiger partial charge on any atom is -0.220 e. The van der Waals surface area contributed by atoms with E-state index in [9.17, 15) is 0 Å². The van der Waals surface area contributed by atoms with Crippen molar-refractivity contribution in [3.63, 3.8) is 0 Å². The smallest absolute Gasteiger partial charge is 0.182 e. The SMILES string of the molecule is CC(C)(C)c1ccc(-c2nc3cc(C#N)ccn3n2)cc1. The lowest BCUT2D eigenvalue weighted by Crippen LogP contribution is -2.10. The molecule has 0 aliphatic rings. The number of rotatable bonds is 1. The highest BCUT2D eigenvalue weighted by atomic mass is 15.3. The number of hydrogen-bond acceptors (Lipinski definition) is 3. The standard InChI is InChI=1S/C17H16N4/c1-17(2,3)14-6-4-13(5-7-14)16-19-15-10-12(11-18)8-9-21(15)20-16/h4-10H,1-3H3. The van der Waals surface area contributed by atoms with Gasteiger partial charge >= 0.3 is 0 Å². The van der Waals surface area contributed by atoms with Crippen LogP contribution in [0.3, 0.4) is 0 Å². The Morgan fingerprint density at radius 1 is 1.10 bits per heavy atom. The van der Waals surface area contributed by atoms with E-state index in [2.05, 4.69) is 49.1 Å². The first-order valence-electron chi connectivity index (χ1n) is 6.85. The maximum atomic E-state index is 8.92. The van der Waals surface area contributed by atoms with Crippen LogP contribution in [0.5, 0.6) is 0 Å². The van der Waals surface area contributed by atoms with Crippen molar-refractivity contribution in [3.05, 3.63) is 53.7 Å². The van der Waals surface area contributed by atoms with E-state index in [1.807, 2.05) is 12.1 Å². The van der Waals surface area contributed by atoms with Gasteiger partial charge < -0.3 is 0 Å². The van der Waals surface area contributed by atoms with E-state index in [0.717, 1.165) is 5.56 Å². The number of pyridine rings is 1. The van der Waals surface area contributed by atoms with Gasteiger partial charge in [-0.3, -0.25) is 0 Å². The summed E-state index contributed by atoms with van der Waals surface area (Å²) in [6.45, 7) is 6.57. The van der Waals surface area contributed by atoms with E-state index in [1.165, 1.54) is 5.56 Å². The second-order valence-electron chi connectivity index (χ2n) is 6.09. The Morgan fingerprint density at radius 2 is 1.81 bits per heavy atom. The third-order valence-electron chi connectivity index (χ3n) is 3.48. The van der Waals surface area contributed by atoms with Crippen molar-refractivity contribution in [3.8, 4) is 17.5 Å². The average Bonchev–Trinajstić information content (AvgIpc) is 2.89. The minimum absolute atomic E-state index is 0.132. The number of aromatic nitrogens is 3. The summed E-state index contributed by atoms with van der Waals surface area (Å²) in [4.78, 5) is 4.48. The van der Waals surface area contributed by atoms with Crippen LogP contribution < -0.4 is 0 Å². The first kappa shape index (κ1) is 13.3. The van der Waals surface area contributed by atoms with Gasteiger partial charge in [-0.2, -0.15) is 5.26 Å². The number of benzene rings is 1. The molecule has 2 aromatic heterocycles. The Balaban J connectivity index is 2.02. The molecule has 104 valence electrons. The van der Waals surface area contributed by atoms with Gasteiger partial charge in [0.1, 0.15) is 0 Å². The maximum Gasteiger partial charge on any atom is 0.182 e. The molecule has 0 N–H and O–H groups in total. The summed E-state index contributed by atoms with van der Waals surface area (Å²) < 4.78 is 1.69. The predicted octanol–water partition coefficient (Wildman–Crippen LogP) is 3.57. The van der Waals surface area contributed by atoms with E-state index < -0.39 is 0 Å². The van der Waals surface area contributed by atoms with Crippen molar-refractivity contribution < 1.29 is 0 Å². The van der Waals surface area contributed by atoms with E-state index >= 15 is 0 Å². The highest BCUT2D eigenvalue weighted by molar-refractivity contribution is 5.59. The van der Waals surface area contributed by atoms with Crippen LogP contribution in [0.2, 0.25) is 0 Å². The van der Waals surface area contributed by atoms with Gasteiger partial charge in [0.05, 0.1) is 11.6 Å². The number of nitriles is 1. The van der Waals surface area contributed by atoms with E-state index in [0.29, 0.717) is 17.0 Å². The molecular weight excluding hydrogens is 260 g/mol. The molecule has 0 aliphatic carbocycles. The van der Waals surface area contributed by atoms with Crippen LogP contribution in [0.1, 0.15) is 31.9 Å². The average molecular weight is 276 g/mol. The molecule has 0 saturated heterocycles. The van der Waals surface area contributed by atoms with Gasteiger partial charge in [0.25, 0.3) is 0 Å². The van der Waals surface area contributed by atoms with E-state index in [4.69, 9.17) is 5.26 Å². The third kappa shape index (κ3) is 2.50. The molecule has 0 bridgehead atoms. The van der Waals surface area contributed by atoms with Gasteiger partial charge in [0.15, 0.2) is 11.5 Å². The van der Waals surface area contributed by atoms with Crippen LogP contribution in [0.25, 0.3) is 17.0 Å². The molecule has 0 saturated carbocycles. The molecule has 2 heterocycles. The molecule has 0 aliphatic heterocycles. The lowest BCUT2D eigenvalue weighted by atomic mass is 9.87. The molecular formula is C17H16N4. The van der Waals surface area contributed by atoms with Crippen molar-refractivity contribution >= 4 is 5.65 Å². The Morgan fingerprint density at radius 3 is 2.43 bits per heavy atom. The molecule has 0 atom stereocenters. The highest BCUT2D eigenvalue weighted by Crippen LogP contribution is 2.25. The molecule has 0 amide bonds. The summed E-state index contributed by atoms with van der Waals surface area (Å²) >= 11 is 0. The molecule has 4 heteroatoms. The van der Waals surface area contributed by atoms with Crippen molar-refractivity contribution in [2.45, 2.75) is 26.2 Å². The zero-order chi connectivity index (χ0) is 15.0. The zero-order valence-electron chi connectivity index (χ0n) is 12.3. The predicted molar refractivity (Wildman–Crippen MR) is 81.8 cm³/mol. The third-order valence-corrected chi connectivity index (χ3v) is 3.48. The van der Waals surface area contributed by atoms with Gasteiger partial charge in [-0.25, -0.2) is 9.50 Å². The Labute approximate surface area is 123 Å². The summed E-state index contributed by atoms with van der Waals surface area (Å²) in [5.41, 5.74) is 3.66. The van der Waals surface area contributed by atoms with Crippen LogP contribution in [0.15, 0.2) is 42.6 Å². The monoisotopic (exact) mass is 276 g/mol. The molecule has 0 fully saturated rings. The summed E-state index contributed by atoms with van der Waals surface area (Å²) in [6.07, 6.45) is 1.76. The largest absolute Gasteiger partial charge is 0.220 e. The molecule has 0 unspecified atom stereocenters. The normalized spacial score (nSPS) is 11.5. The van der Waals surface area contributed by atoms with Gasteiger partial charge in [0, 0.05) is 17.8 Å². The quantitative estimate of drug-likeness (QED) is 0.682. The summed E-state index contributed by atoms with van der Waals surface area (Å²) in [5, 5.41) is 13.4. The van der Waals surface area contributed by atoms with Gasteiger partial charge in [-0.15, -0.1) is 5.10 Å². The second-order valence-corrected chi connectivity index (χ2v) is 6.09.